The second kappa shape index (κ2) is 10.0. The first-order valence-electron chi connectivity index (χ1n) is 11.0. The average Bonchev–Trinajstić information content (AvgIpc) is 3.36. The third kappa shape index (κ3) is 4.60. The Morgan fingerprint density at radius 1 is 1.05 bits per heavy atom. The molecular weight excluding hydrogens is 472 g/mol. The number of aliphatic hydroxyl groups is 1. The number of aromatic nitrogens is 4. The molecule has 3 aromatic carbocycles. The van der Waals surface area contributed by atoms with Crippen LogP contribution in [0.25, 0.3) is 21.6 Å². The van der Waals surface area contributed by atoms with Crippen molar-refractivity contribution in [1.29, 1.82) is 0 Å². The van der Waals surface area contributed by atoms with Crippen LogP contribution < -0.4 is 5.32 Å². The minimum Gasteiger partial charge on any atom is -0.505 e. The topological polar surface area (TPSA) is 142 Å². The van der Waals surface area contributed by atoms with E-state index < -0.39 is 5.91 Å². The fourth-order valence-electron chi connectivity index (χ4n) is 3.63. The summed E-state index contributed by atoms with van der Waals surface area (Å²) in [5.41, 5.74) is 1.35. The highest BCUT2D eigenvalue weighted by atomic mass is 16.3. The number of phenols is 1. The molecule has 37 heavy (non-hydrogen) atoms. The number of aromatic hydroxyl groups is 1. The molecule has 5 aromatic rings. The summed E-state index contributed by atoms with van der Waals surface area (Å²) in [5, 5.41) is 36.9. The van der Waals surface area contributed by atoms with Gasteiger partial charge in [0.2, 0.25) is 0 Å². The first-order valence-corrected chi connectivity index (χ1v) is 11.0. The Morgan fingerprint density at radius 2 is 1.81 bits per heavy atom. The number of azo groups is 1. The van der Waals surface area contributed by atoms with Gasteiger partial charge in [-0.15, -0.1) is 10.2 Å². The van der Waals surface area contributed by atoms with Gasteiger partial charge >= 0.3 is 0 Å². The molecule has 0 atom stereocenters. The van der Waals surface area contributed by atoms with Crippen LogP contribution in [0.1, 0.15) is 15.9 Å². The number of nitrogens with zero attached hydrogens (tertiary/aromatic N) is 7. The highest BCUT2D eigenvalue weighted by Crippen LogP contribution is 2.40. The number of nitrogens with one attached hydrogen (secondary N) is 1. The Morgan fingerprint density at radius 3 is 2.54 bits per heavy atom. The van der Waals surface area contributed by atoms with Crippen LogP contribution in [0.2, 0.25) is 0 Å². The SMILES string of the molecule is [C-]#[N+]c1cnn(-c2ncccn2)c1/N=N/c1c(O)c(C(=O)Nc2ccc(CO)cc2)cc2ccccc12. The summed E-state index contributed by atoms with van der Waals surface area (Å²) in [4.78, 5) is 24.8. The lowest BCUT2D eigenvalue weighted by atomic mass is 10.0. The summed E-state index contributed by atoms with van der Waals surface area (Å²) in [7, 11) is 0. The molecule has 0 fully saturated rings. The number of rotatable bonds is 6. The molecule has 0 aliphatic rings. The molecule has 2 aromatic heterocycles. The van der Waals surface area contributed by atoms with E-state index in [-0.39, 0.29) is 41.1 Å². The van der Waals surface area contributed by atoms with Crippen molar-refractivity contribution in [2.45, 2.75) is 6.61 Å². The van der Waals surface area contributed by atoms with Crippen LogP contribution in [0.15, 0.2) is 89.5 Å². The number of carbonyl (C=O) groups is 1. The zero-order valence-corrected chi connectivity index (χ0v) is 19.1. The number of benzene rings is 3. The standard InChI is InChI=1S/C26H18N8O3/c1-27-21-14-30-34(26-28-11-4-12-29-26)24(21)33-32-22-19-6-3-2-5-17(19)13-20(23(22)36)25(37)31-18-9-7-16(15-35)8-10-18/h2-14,35-36H,15H2,(H,31,37)/b33-32+. The van der Waals surface area contributed by atoms with E-state index in [0.717, 1.165) is 0 Å². The molecule has 180 valence electrons. The molecule has 0 saturated heterocycles. The average molecular weight is 490 g/mol. The molecule has 1 amide bonds. The molecule has 0 bridgehead atoms. The van der Waals surface area contributed by atoms with Crippen molar-refractivity contribution in [3.63, 3.8) is 0 Å². The molecule has 0 spiro atoms. The van der Waals surface area contributed by atoms with Crippen LogP contribution in [0, 0.1) is 6.57 Å². The van der Waals surface area contributed by atoms with Gasteiger partial charge in [0.1, 0.15) is 5.69 Å². The van der Waals surface area contributed by atoms with Crippen molar-refractivity contribution in [1.82, 2.24) is 19.7 Å². The normalized spacial score (nSPS) is 11.0. The summed E-state index contributed by atoms with van der Waals surface area (Å²) in [5.74, 6) is -0.663. The molecule has 0 unspecified atom stereocenters. The predicted molar refractivity (Wildman–Crippen MR) is 136 cm³/mol. The van der Waals surface area contributed by atoms with Gasteiger partial charge in [-0.05, 0) is 35.2 Å². The van der Waals surface area contributed by atoms with Gasteiger partial charge < -0.3 is 15.5 Å². The molecule has 0 aliphatic carbocycles. The molecule has 11 heteroatoms. The molecular formula is C26H18N8O3. The second-order valence-corrected chi connectivity index (χ2v) is 7.78. The lowest BCUT2D eigenvalue weighted by molar-refractivity contribution is 0.102. The van der Waals surface area contributed by atoms with Gasteiger partial charge in [-0.2, -0.15) is 9.78 Å². The van der Waals surface area contributed by atoms with Crippen molar-refractivity contribution in [2.75, 3.05) is 5.32 Å². The number of carbonyl (C=O) groups excluding carboxylic acids is 1. The molecule has 0 radical (unpaired) electrons. The summed E-state index contributed by atoms with van der Waals surface area (Å²) in [6.45, 7) is 7.34. The van der Waals surface area contributed by atoms with E-state index in [4.69, 9.17) is 6.57 Å². The maximum Gasteiger partial charge on any atom is 0.259 e. The Labute approximate surface area is 210 Å². The monoisotopic (exact) mass is 490 g/mol. The number of fused-ring (bicyclic) bond motifs is 1. The van der Waals surface area contributed by atoms with E-state index in [1.165, 1.54) is 23.3 Å². The zero-order valence-electron chi connectivity index (χ0n) is 19.1. The number of hydrogen-bond acceptors (Lipinski definition) is 8. The molecule has 2 heterocycles. The third-order valence-electron chi connectivity index (χ3n) is 5.47. The Kier molecular flexibility index (Phi) is 6.31. The maximum atomic E-state index is 13.1. The fraction of sp³-hybridized carbons (Fsp3) is 0.0385. The summed E-state index contributed by atoms with van der Waals surface area (Å²) < 4.78 is 1.27. The van der Waals surface area contributed by atoms with E-state index >= 15 is 0 Å². The predicted octanol–water partition coefficient (Wildman–Crippen LogP) is 5.23. The number of amides is 1. The van der Waals surface area contributed by atoms with Gasteiger partial charge in [-0.3, -0.25) is 4.79 Å². The minimum absolute atomic E-state index is 0.0100. The van der Waals surface area contributed by atoms with Crippen molar-refractivity contribution < 1.29 is 15.0 Å². The van der Waals surface area contributed by atoms with Gasteiger partial charge in [0.05, 0.1) is 24.9 Å². The lowest BCUT2D eigenvalue weighted by Crippen LogP contribution is -2.12. The molecule has 0 aliphatic heterocycles. The van der Waals surface area contributed by atoms with Crippen LogP contribution in [0.4, 0.5) is 22.9 Å². The van der Waals surface area contributed by atoms with Gasteiger partial charge in [0, 0.05) is 23.5 Å². The lowest BCUT2D eigenvalue weighted by Gasteiger charge is -2.11. The van der Waals surface area contributed by atoms with Crippen molar-refractivity contribution in [3.05, 3.63) is 102 Å². The summed E-state index contributed by atoms with van der Waals surface area (Å²) in [6, 6.07) is 17.0. The number of phenolic OH excluding ortho intramolecular Hbond substituents is 1. The maximum absolute atomic E-state index is 13.1. The highest BCUT2D eigenvalue weighted by molar-refractivity contribution is 6.11. The second-order valence-electron chi connectivity index (χ2n) is 7.78. The Hall–Kier alpha value is -5.47. The first-order chi connectivity index (χ1) is 18.1. The van der Waals surface area contributed by atoms with E-state index in [1.54, 1.807) is 60.7 Å². The third-order valence-corrected chi connectivity index (χ3v) is 5.47. The van der Waals surface area contributed by atoms with Crippen molar-refractivity contribution >= 4 is 39.6 Å². The van der Waals surface area contributed by atoms with Gasteiger partial charge in [-0.25, -0.2) is 14.8 Å². The first kappa shape index (κ1) is 23.3. The van der Waals surface area contributed by atoms with Crippen LogP contribution in [-0.4, -0.2) is 35.9 Å². The van der Waals surface area contributed by atoms with E-state index in [1.807, 2.05) is 0 Å². The van der Waals surface area contributed by atoms with Crippen LogP contribution in [0.5, 0.6) is 5.75 Å². The Balaban J connectivity index is 1.58. The van der Waals surface area contributed by atoms with Gasteiger partial charge in [-0.1, -0.05) is 36.4 Å². The molecule has 0 saturated carbocycles. The van der Waals surface area contributed by atoms with Gasteiger partial charge in [0.25, 0.3) is 17.5 Å². The van der Waals surface area contributed by atoms with Crippen molar-refractivity contribution in [3.8, 4) is 11.7 Å². The number of anilines is 1. The van der Waals surface area contributed by atoms with Crippen LogP contribution in [0.3, 0.4) is 0 Å². The van der Waals surface area contributed by atoms with Crippen molar-refractivity contribution in [2.24, 2.45) is 10.2 Å². The molecule has 11 nitrogen and oxygen atoms in total. The smallest absolute Gasteiger partial charge is 0.259 e. The van der Waals surface area contributed by atoms with E-state index in [9.17, 15) is 15.0 Å². The fourth-order valence-corrected chi connectivity index (χ4v) is 3.63. The van der Waals surface area contributed by atoms with E-state index in [2.05, 4.69) is 35.5 Å². The van der Waals surface area contributed by atoms with Crippen LogP contribution in [-0.2, 0) is 6.61 Å². The number of aliphatic hydroxyl groups excluding tert-OH is 1. The zero-order chi connectivity index (χ0) is 25.8. The van der Waals surface area contributed by atoms with Gasteiger partial charge in [0.15, 0.2) is 11.6 Å². The molecule has 5 rings (SSSR count). The highest BCUT2D eigenvalue weighted by Gasteiger charge is 2.20. The largest absolute Gasteiger partial charge is 0.505 e. The van der Waals surface area contributed by atoms with E-state index in [0.29, 0.717) is 22.0 Å². The molecule has 3 N–H and O–H groups in total. The summed E-state index contributed by atoms with van der Waals surface area (Å²) in [6.07, 6.45) is 4.38. The summed E-state index contributed by atoms with van der Waals surface area (Å²) >= 11 is 0. The number of hydrogen-bond donors (Lipinski definition) is 3. The minimum atomic E-state index is -0.555. The quantitative estimate of drug-likeness (QED) is 0.220. The Bertz CT molecular complexity index is 1670. The van der Waals surface area contributed by atoms with Crippen LogP contribution >= 0.6 is 0 Å².